The molecule has 0 amide bonds. The van der Waals surface area contributed by atoms with Crippen LogP contribution in [0.4, 0.5) is 5.69 Å². The fourth-order valence-electron chi connectivity index (χ4n) is 2.44. The number of rotatable bonds is 2. The van der Waals surface area contributed by atoms with Gasteiger partial charge in [0.15, 0.2) is 5.69 Å². The van der Waals surface area contributed by atoms with E-state index in [1.807, 2.05) is 12.1 Å². The van der Waals surface area contributed by atoms with Crippen LogP contribution in [0.2, 0.25) is 0 Å². The Morgan fingerprint density at radius 1 is 1.65 bits per heavy atom. The lowest BCUT2D eigenvalue weighted by molar-refractivity contribution is 0.348. The molecule has 2 unspecified atom stereocenters. The van der Waals surface area contributed by atoms with E-state index < -0.39 is 0 Å². The minimum Gasteiger partial charge on any atom is -0.369 e. The Bertz CT molecular complexity index is 424. The summed E-state index contributed by atoms with van der Waals surface area (Å²) in [5.41, 5.74) is 7.55. The van der Waals surface area contributed by atoms with Crippen LogP contribution in [0, 0.1) is 17.2 Å². The molecule has 1 fully saturated rings. The third kappa shape index (κ3) is 2.40. The number of piperidine rings is 1. The van der Waals surface area contributed by atoms with Gasteiger partial charge in [-0.2, -0.15) is 5.26 Å². The van der Waals surface area contributed by atoms with Crippen molar-refractivity contribution in [3.63, 3.8) is 0 Å². The molecule has 0 bridgehead atoms. The second-order valence-corrected chi connectivity index (χ2v) is 4.55. The van der Waals surface area contributed by atoms with E-state index in [9.17, 15) is 0 Å². The van der Waals surface area contributed by atoms with Gasteiger partial charge in [0.25, 0.3) is 0 Å². The van der Waals surface area contributed by atoms with E-state index >= 15 is 0 Å². The minimum absolute atomic E-state index is 0.290. The highest BCUT2D eigenvalue weighted by molar-refractivity contribution is 5.56. The molecule has 2 N–H and O–H groups in total. The summed E-state index contributed by atoms with van der Waals surface area (Å²) in [6.07, 6.45) is 3.73. The number of pyridine rings is 1. The first-order chi connectivity index (χ1) is 8.26. The number of hydrogen-bond acceptors (Lipinski definition) is 4. The lowest BCUT2D eigenvalue weighted by Crippen LogP contribution is -2.47. The Morgan fingerprint density at radius 2 is 2.47 bits per heavy atom. The van der Waals surface area contributed by atoms with Gasteiger partial charge in [0.1, 0.15) is 6.07 Å². The van der Waals surface area contributed by atoms with Crippen LogP contribution < -0.4 is 10.6 Å². The van der Waals surface area contributed by atoms with Crippen molar-refractivity contribution >= 4 is 5.69 Å². The highest BCUT2D eigenvalue weighted by Gasteiger charge is 2.26. The summed E-state index contributed by atoms with van der Waals surface area (Å²) < 4.78 is 0. The lowest BCUT2D eigenvalue weighted by Gasteiger charge is -2.38. The molecule has 0 radical (unpaired) electrons. The van der Waals surface area contributed by atoms with Crippen molar-refractivity contribution in [2.45, 2.75) is 25.8 Å². The fraction of sp³-hybridized carbons (Fsp3) is 0.538. The zero-order chi connectivity index (χ0) is 12.3. The van der Waals surface area contributed by atoms with Crippen LogP contribution >= 0.6 is 0 Å². The lowest BCUT2D eigenvalue weighted by atomic mass is 9.90. The van der Waals surface area contributed by atoms with E-state index in [1.54, 1.807) is 6.20 Å². The van der Waals surface area contributed by atoms with Crippen molar-refractivity contribution in [2.75, 3.05) is 18.0 Å². The molecule has 0 spiro atoms. The average Bonchev–Trinajstić information content (AvgIpc) is 2.39. The van der Waals surface area contributed by atoms with E-state index in [-0.39, 0.29) is 0 Å². The SMILES string of the molecule is CCC1CN(c2cccnc2C#N)CCC1N. The molecule has 4 nitrogen and oxygen atoms in total. The van der Waals surface area contributed by atoms with Crippen LogP contribution in [0.1, 0.15) is 25.5 Å². The third-order valence-electron chi connectivity index (χ3n) is 3.55. The van der Waals surface area contributed by atoms with Gasteiger partial charge in [-0.3, -0.25) is 0 Å². The summed E-state index contributed by atoms with van der Waals surface area (Å²) in [4.78, 5) is 6.35. The first-order valence-electron chi connectivity index (χ1n) is 6.12. The highest BCUT2D eigenvalue weighted by atomic mass is 15.2. The number of nitriles is 1. The molecular weight excluding hydrogens is 212 g/mol. The molecule has 4 heteroatoms. The molecule has 90 valence electrons. The van der Waals surface area contributed by atoms with Gasteiger partial charge < -0.3 is 10.6 Å². The van der Waals surface area contributed by atoms with Crippen LogP contribution in [-0.4, -0.2) is 24.1 Å². The largest absolute Gasteiger partial charge is 0.369 e. The first kappa shape index (κ1) is 11.9. The van der Waals surface area contributed by atoms with Gasteiger partial charge in [-0.05, 0) is 24.5 Å². The Balaban J connectivity index is 2.21. The number of aromatic nitrogens is 1. The van der Waals surface area contributed by atoms with E-state index in [1.165, 1.54) is 0 Å². The summed E-state index contributed by atoms with van der Waals surface area (Å²) in [5, 5.41) is 9.06. The maximum absolute atomic E-state index is 9.06. The van der Waals surface area contributed by atoms with Crippen molar-refractivity contribution in [3.05, 3.63) is 24.0 Å². The van der Waals surface area contributed by atoms with E-state index in [0.29, 0.717) is 17.7 Å². The zero-order valence-electron chi connectivity index (χ0n) is 10.1. The third-order valence-corrected chi connectivity index (χ3v) is 3.55. The summed E-state index contributed by atoms with van der Waals surface area (Å²) in [6, 6.07) is 6.29. The highest BCUT2D eigenvalue weighted by Crippen LogP contribution is 2.25. The second-order valence-electron chi connectivity index (χ2n) is 4.55. The molecule has 1 aromatic rings. The van der Waals surface area contributed by atoms with E-state index in [2.05, 4.69) is 22.9 Å². The van der Waals surface area contributed by atoms with E-state index in [0.717, 1.165) is 31.6 Å². The standard InChI is InChI=1S/C13H18N4/c1-2-10-9-17(7-5-11(10)15)13-4-3-6-16-12(13)8-14/h3-4,6,10-11H,2,5,7,9,15H2,1H3. The smallest absolute Gasteiger partial charge is 0.163 e. The van der Waals surface area contributed by atoms with Crippen molar-refractivity contribution < 1.29 is 0 Å². The Hall–Kier alpha value is -1.60. The quantitative estimate of drug-likeness (QED) is 0.836. The predicted octanol–water partition coefficient (Wildman–Crippen LogP) is 1.52. The molecule has 2 rings (SSSR count). The normalized spacial score (nSPS) is 24.4. The monoisotopic (exact) mass is 230 g/mol. The van der Waals surface area contributed by atoms with Gasteiger partial charge in [-0.15, -0.1) is 0 Å². The average molecular weight is 230 g/mol. The summed E-state index contributed by atoms with van der Waals surface area (Å²) in [6.45, 7) is 4.01. The van der Waals surface area contributed by atoms with Gasteiger partial charge in [0.05, 0.1) is 5.69 Å². The molecule has 0 saturated carbocycles. The van der Waals surface area contributed by atoms with Gasteiger partial charge in [-0.1, -0.05) is 13.3 Å². The molecule has 17 heavy (non-hydrogen) atoms. The van der Waals surface area contributed by atoms with Gasteiger partial charge in [0.2, 0.25) is 0 Å². The minimum atomic E-state index is 0.290. The molecule has 1 aromatic heterocycles. The molecule has 0 aliphatic carbocycles. The topological polar surface area (TPSA) is 65.9 Å². The molecule has 2 atom stereocenters. The fourth-order valence-corrected chi connectivity index (χ4v) is 2.44. The Kier molecular flexibility index (Phi) is 3.60. The van der Waals surface area contributed by atoms with Crippen molar-refractivity contribution in [3.8, 4) is 6.07 Å². The molecule has 1 aliphatic rings. The molecule has 2 heterocycles. The summed E-state index contributed by atoms with van der Waals surface area (Å²) in [7, 11) is 0. The van der Waals surface area contributed by atoms with Gasteiger partial charge in [0, 0.05) is 25.3 Å². The number of hydrogen-bond donors (Lipinski definition) is 1. The molecular formula is C13H18N4. The first-order valence-corrected chi connectivity index (χ1v) is 6.12. The Labute approximate surface area is 102 Å². The predicted molar refractivity (Wildman–Crippen MR) is 67.5 cm³/mol. The molecule has 0 aromatic carbocycles. The summed E-state index contributed by atoms with van der Waals surface area (Å²) in [5.74, 6) is 0.510. The number of nitrogens with two attached hydrogens (primary N) is 1. The number of anilines is 1. The van der Waals surface area contributed by atoms with Crippen molar-refractivity contribution in [2.24, 2.45) is 11.7 Å². The van der Waals surface area contributed by atoms with Crippen LogP contribution in [0.3, 0.4) is 0 Å². The molecule has 1 aliphatic heterocycles. The Morgan fingerprint density at radius 3 is 3.18 bits per heavy atom. The van der Waals surface area contributed by atoms with Gasteiger partial charge >= 0.3 is 0 Å². The van der Waals surface area contributed by atoms with Crippen LogP contribution in [-0.2, 0) is 0 Å². The maximum Gasteiger partial charge on any atom is 0.163 e. The maximum atomic E-state index is 9.06. The van der Waals surface area contributed by atoms with Crippen molar-refractivity contribution in [1.82, 2.24) is 4.98 Å². The van der Waals surface area contributed by atoms with Crippen LogP contribution in [0.5, 0.6) is 0 Å². The van der Waals surface area contributed by atoms with Crippen LogP contribution in [0.25, 0.3) is 0 Å². The van der Waals surface area contributed by atoms with Crippen molar-refractivity contribution in [1.29, 1.82) is 5.26 Å². The second kappa shape index (κ2) is 5.15. The number of nitrogens with zero attached hydrogens (tertiary/aromatic N) is 3. The van der Waals surface area contributed by atoms with E-state index in [4.69, 9.17) is 11.0 Å². The summed E-state index contributed by atoms with van der Waals surface area (Å²) >= 11 is 0. The van der Waals surface area contributed by atoms with Gasteiger partial charge in [-0.25, -0.2) is 4.98 Å². The van der Waals surface area contributed by atoms with Crippen LogP contribution in [0.15, 0.2) is 18.3 Å². The molecule has 1 saturated heterocycles. The zero-order valence-corrected chi connectivity index (χ0v) is 10.1.